The highest BCUT2D eigenvalue weighted by atomic mass is 32.2. The Hall–Kier alpha value is -2.87. The second-order valence-corrected chi connectivity index (χ2v) is 8.16. The van der Waals surface area contributed by atoms with Gasteiger partial charge in [0.1, 0.15) is 0 Å². The maximum atomic E-state index is 12.8. The highest BCUT2D eigenvalue weighted by Gasteiger charge is 2.23. The Kier molecular flexibility index (Phi) is 5.18. The molecule has 0 aliphatic carbocycles. The number of benzene rings is 2. The first-order valence-electron chi connectivity index (χ1n) is 8.65. The van der Waals surface area contributed by atoms with Crippen LogP contribution in [0.15, 0.2) is 47.4 Å². The monoisotopic (exact) mass is 387 g/mol. The molecular weight excluding hydrogens is 366 g/mol. The lowest BCUT2D eigenvalue weighted by Gasteiger charge is -2.15. The molecule has 0 bridgehead atoms. The van der Waals surface area contributed by atoms with Gasteiger partial charge in [0.15, 0.2) is 0 Å². The van der Waals surface area contributed by atoms with E-state index in [9.17, 15) is 18.0 Å². The van der Waals surface area contributed by atoms with Crippen LogP contribution in [0.25, 0.3) is 0 Å². The summed E-state index contributed by atoms with van der Waals surface area (Å²) in [5.74, 6) is -0.508. The molecule has 0 spiro atoms. The van der Waals surface area contributed by atoms with E-state index >= 15 is 0 Å². The maximum absolute atomic E-state index is 12.8. The quantitative estimate of drug-likeness (QED) is 0.708. The van der Waals surface area contributed by atoms with Gasteiger partial charge in [-0.3, -0.25) is 14.3 Å². The van der Waals surface area contributed by atoms with E-state index in [1.807, 2.05) is 13.8 Å². The van der Waals surface area contributed by atoms with Crippen molar-refractivity contribution in [1.82, 2.24) is 5.32 Å². The molecule has 2 aromatic rings. The lowest BCUT2D eigenvalue weighted by molar-refractivity contribution is -0.115. The van der Waals surface area contributed by atoms with Crippen molar-refractivity contribution in [3.8, 4) is 0 Å². The Morgan fingerprint density at radius 1 is 1.22 bits per heavy atom. The number of anilines is 2. The first-order valence-corrected chi connectivity index (χ1v) is 10.1. The predicted molar refractivity (Wildman–Crippen MR) is 103 cm³/mol. The van der Waals surface area contributed by atoms with Crippen LogP contribution in [0.1, 0.15) is 36.2 Å². The van der Waals surface area contributed by atoms with Gasteiger partial charge in [0.05, 0.1) is 22.6 Å². The Morgan fingerprint density at radius 2 is 1.96 bits per heavy atom. The fourth-order valence-corrected chi connectivity index (χ4v) is 3.88. The van der Waals surface area contributed by atoms with Crippen molar-refractivity contribution in [2.45, 2.75) is 37.6 Å². The van der Waals surface area contributed by atoms with Gasteiger partial charge in [0, 0.05) is 11.7 Å². The van der Waals surface area contributed by atoms with Crippen LogP contribution < -0.4 is 15.4 Å². The van der Waals surface area contributed by atoms with Crippen LogP contribution in [0.4, 0.5) is 11.4 Å². The molecule has 27 heavy (non-hydrogen) atoms. The molecule has 142 valence electrons. The number of rotatable bonds is 6. The van der Waals surface area contributed by atoms with Crippen LogP contribution in [0.3, 0.4) is 0 Å². The van der Waals surface area contributed by atoms with Crippen LogP contribution in [-0.2, 0) is 21.2 Å². The molecule has 3 rings (SSSR count). The molecular formula is C19H21N3O4S. The standard InChI is InChI=1S/C19H21N3O4S/c1-3-12(2)20-19(24)15-6-4-5-7-17(15)22-27(25,26)14-8-9-16-13(10-14)11-18(23)21-16/h4-10,12,22H,3,11H2,1-2H3,(H,20,24)(H,21,23)/t12-/m0/s1. The van der Waals surface area contributed by atoms with Crippen molar-refractivity contribution in [2.24, 2.45) is 0 Å². The molecule has 7 nitrogen and oxygen atoms in total. The van der Waals surface area contributed by atoms with Crippen molar-refractivity contribution in [2.75, 3.05) is 10.0 Å². The van der Waals surface area contributed by atoms with Gasteiger partial charge in [-0.05, 0) is 49.2 Å². The molecule has 0 saturated heterocycles. The van der Waals surface area contributed by atoms with Crippen LogP contribution in [0.2, 0.25) is 0 Å². The summed E-state index contributed by atoms with van der Waals surface area (Å²) in [4.78, 5) is 24.0. The molecule has 1 aliphatic rings. The van der Waals surface area contributed by atoms with Gasteiger partial charge >= 0.3 is 0 Å². The van der Waals surface area contributed by atoms with Gasteiger partial charge in [0.25, 0.3) is 15.9 Å². The van der Waals surface area contributed by atoms with E-state index in [1.54, 1.807) is 30.3 Å². The second kappa shape index (κ2) is 7.40. The zero-order valence-corrected chi connectivity index (χ0v) is 15.9. The Balaban J connectivity index is 1.88. The minimum absolute atomic E-state index is 0.0242. The molecule has 0 saturated carbocycles. The van der Waals surface area contributed by atoms with E-state index in [1.165, 1.54) is 12.1 Å². The molecule has 1 heterocycles. The van der Waals surface area contributed by atoms with Gasteiger partial charge in [-0.1, -0.05) is 19.1 Å². The first kappa shape index (κ1) is 18.9. The van der Waals surface area contributed by atoms with Crippen molar-refractivity contribution in [3.63, 3.8) is 0 Å². The average molecular weight is 387 g/mol. The third-order valence-corrected chi connectivity index (χ3v) is 5.78. The predicted octanol–water partition coefficient (Wildman–Crippen LogP) is 2.51. The molecule has 1 atom stereocenters. The number of nitrogens with one attached hydrogen (secondary N) is 3. The van der Waals surface area contributed by atoms with E-state index in [0.717, 1.165) is 6.42 Å². The molecule has 3 N–H and O–H groups in total. The molecule has 1 aliphatic heterocycles. The highest BCUT2D eigenvalue weighted by molar-refractivity contribution is 7.92. The summed E-state index contributed by atoms with van der Waals surface area (Å²) in [7, 11) is -3.91. The molecule has 0 unspecified atom stereocenters. The second-order valence-electron chi connectivity index (χ2n) is 6.48. The number of carbonyl (C=O) groups excluding carboxylic acids is 2. The van der Waals surface area contributed by atoms with Crippen molar-refractivity contribution in [1.29, 1.82) is 0 Å². The van der Waals surface area contributed by atoms with Crippen molar-refractivity contribution in [3.05, 3.63) is 53.6 Å². The molecule has 2 aromatic carbocycles. The SMILES string of the molecule is CC[C@H](C)NC(=O)c1ccccc1NS(=O)(=O)c1ccc2c(c1)CC(=O)N2. The Bertz CT molecular complexity index is 1000. The molecule has 2 amide bonds. The summed E-state index contributed by atoms with van der Waals surface area (Å²) >= 11 is 0. The number of fused-ring (bicyclic) bond motifs is 1. The third-order valence-electron chi connectivity index (χ3n) is 4.42. The van der Waals surface area contributed by atoms with Gasteiger partial charge in [-0.2, -0.15) is 0 Å². The number of sulfonamides is 1. The van der Waals surface area contributed by atoms with Crippen LogP contribution in [-0.4, -0.2) is 26.3 Å². The summed E-state index contributed by atoms with van der Waals surface area (Å²) in [5.41, 5.74) is 1.70. The van der Waals surface area contributed by atoms with Crippen LogP contribution in [0.5, 0.6) is 0 Å². The summed E-state index contributed by atoms with van der Waals surface area (Å²) in [6, 6.07) is 10.9. The number of hydrogen-bond donors (Lipinski definition) is 3. The fraction of sp³-hybridized carbons (Fsp3) is 0.263. The number of amides is 2. The van der Waals surface area contributed by atoms with Crippen LogP contribution >= 0.6 is 0 Å². The normalized spacial score (nSPS) is 14.2. The molecule has 0 fully saturated rings. The van der Waals surface area contributed by atoms with Crippen molar-refractivity contribution < 1.29 is 18.0 Å². The summed E-state index contributed by atoms with van der Waals surface area (Å²) in [6.07, 6.45) is 0.911. The Labute approximate surface area is 158 Å². The third kappa shape index (κ3) is 4.11. The number of carbonyl (C=O) groups is 2. The molecule has 0 radical (unpaired) electrons. The van der Waals surface area contributed by atoms with Gasteiger partial charge in [0.2, 0.25) is 5.91 Å². The minimum atomic E-state index is -3.91. The van der Waals surface area contributed by atoms with E-state index in [0.29, 0.717) is 11.3 Å². The van der Waals surface area contributed by atoms with Gasteiger partial charge < -0.3 is 10.6 Å². The molecule has 0 aromatic heterocycles. The first-order chi connectivity index (χ1) is 12.8. The maximum Gasteiger partial charge on any atom is 0.261 e. The highest BCUT2D eigenvalue weighted by Crippen LogP contribution is 2.27. The lowest BCUT2D eigenvalue weighted by atomic mass is 10.1. The zero-order chi connectivity index (χ0) is 19.6. The smallest absolute Gasteiger partial charge is 0.261 e. The summed E-state index contributed by atoms with van der Waals surface area (Å²) in [6.45, 7) is 3.83. The number of para-hydroxylation sites is 1. The lowest BCUT2D eigenvalue weighted by Crippen LogP contribution is -2.32. The average Bonchev–Trinajstić information content (AvgIpc) is 3.00. The zero-order valence-electron chi connectivity index (χ0n) is 15.1. The van der Waals surface area contributed by atoms with Gasteiger partial charge in [-0.25, -0.2) is 8.42 Å². The van der Waals surface area contributed by atoms with Crippen molar-refractivity contribution >= 4 is 33.2 Å². The van der Waals surface area contributed by atoms with Crippen LogP contribution in [0, 0.1) is 0 Å². The fourth-order valence-electron chi connectivity index (χ4n) is 2.75. The number of hydrogen-bond acceptors (Lipinski definition) is 4. The van der Waals surface area contributed by atoms with Gasteiger partial charge in [-0.15, -0.1) is 0 Å². The van der Waals surface area contributed by atoms with E-state index in [-0.39, 0.29) is 40.4 Å². The van der Waals surface area contributed by atoms with E-state index in [4.69, 9.17) is 0 Å². The van der Waals surface area contributed by atoms with E-state index < -0.39 is 10.0 Å². The topological polar surface area (TPSA) is 104 Å². The van der Waals surface area contributed by atoms with E-state index in [2.05, 4.69) is 15.4 Å². The largest absolute Gasteiger partial charge is 0.350 e. The minimum Gasteiger partial charge on any atom is -0.350 e. The summed E-state index contributed by atoms with van der Waals surface area (Å²) in [5, 5.41) is 5.50. The summed E-state index contributed by atoms with van der Waals surface area (Å²) < 4.78 is 28.1. The Morgan fingerprint density at radius 3 is 2.70 bits per heavy atom. The molecule has 8 heteroatoms.